The minimum Gasteiger partial charge on any atom is -0.497 e. The molecule has 18 heavy (non-hydrogen) atoms. The number of methoxy groups -OCH3 is 2. The van der Waals surface area contributed by atoms with Crippen molar-refractivity contribution >= 4 is 5.97 Å². The molecule has 0 aliphatic rings. The Morgan fingerprint density at radius 2 is 1.83 bits per heavy atom. The molecule has 0 aliphatic heterocycles. The first-order valence-corrected chi connectivity index (χ1v) is 5.74. The van der Waals surface area contributed by atoms with Gasteiger partial charge in [-0.1, -0.05) is 0 Å². The second-order valence-electron chi connectivity index (χ2n) is 4.12. The lowest BCUT2D eigenvalue weighted by Gasteiger charge is -2.12. The topological polar surface area (TPSA) is 81.8 Å². The third kappa shape index (κ3) is 4.63. The molecule has 1 unspecified atom stereocenters. The molecule has 0 spiro atoms. The molecule has 5 nitrogen and oxygen atoms in total. The summed E-state index contributed by atoms with van der Waals surface area (Å²) in [6, 6.07) is 5.36. The van der Waals surface area contributed by atoms with Gasteiger partial charge in [0.15, 0.2) is 0 Å². The largest absolute Gasteiger partial charge is 0.497 e. The number of hydrogen-bond donors (Lipinski definition) is 2. The predicted octanol–water partition coefficient (Wildman–Crippen LogP) is 1.44. The molecule has 0 aliphatic carbocycles. The highest BCUT2D eigenvalue weighted by molar-refractivity contribution is 5.66. The number of carboxylic acids is 1. The number of ether oxygens (including phenoxy) is 2. The molecule has 1 rings (SSSR count). The third-order valence-corrected chi connectivity index (χ3v) is 2.64. The molecule has 3 N–H and O–H groups in total. The van der Waals surface area contributed by atoms with E-state index in [9.17, 15) is 4.79 Å². The van der Waals surface area contributed by atoms with Crippen molar-refractivity contribution in [2.24, 2.45) is 5.73 Å². The predicted molar refractivity (Wildman–Crippen MR) is 68.1 cm³/mol. The molecule has 0 heterocycles. The first-order valence-electron chi connectivity index (χ1n) is 5.74. The SMILES string of the molecule is COc1cc(CC(N)CCC(=O)O)cc(OC)c1. The van der Waals surface area contributed by atoms with Gasteiger partial charge in [0.25, 0.3) is 0 Å². The summed E-state index contributed by atoms with van der Waals surface area (Å²) in [7, 11) is 3.17. The van der Waals surface area contributed by atoms with Crippen molar-refractivity contribution in [2.45, 2.75) is 25.3 Å². The fourth-order valence-electron chi connectivity index (χ4n) is 1.70. The van der Waals surface area contributed by atoms with Crippen LogP contribution in [0.5, 0.6) is 11.5 Å². The van der Waals surface area contributed by atoms with Crippen LogP contribution in [0.25, 0.3) is 0 Å². The molecule has 1 atom stereocenters. The zero-order valence-corrected chi connectivity index (χ0v) is 10.7. The maximum Gasteiger partial charge on any atom is 0.303 e. The maximum atomic E-state index is 10.5. The molecule has 0 saturated heterocycles. The summed E-state index contributed by atoms with van der Waals surface area (Å²) >= 11 is 0. The average Bonchev–Trinajstić information content (AvgIpc) is 2.35. The van der Waals surface area contributed by atoms with Crippen molar-refractivity contribution in [1.29, 1.82) is 0 Å². The lowest BCUT2D eigenvalue weighted by molar-refractivity contribution is -0.137. The number of hydrogen-bond acceptors (Lipinski definition) is 4. The van der Waals surface area contributed by atoms with Gasteiger partial charge in [-0.15, -0.1) is 0 Å². The second kappa shape index (κ2) is 6.86. The Hall–Kier alpha value is -1.75. The Morgan fingerprint density at radius 3 is 2.28 bits per heavy atom. The van der Waals surface area contributed by atoms with E-state index in [1.807, 2.05) is 12.1 Å². The Bertz CT molecular complexity index is 384. The van der Waals surface area contributed by atoms with Crippen LogP contribution in [0, 0.1) is 0 Å². The summed E-state index contributed by atoms with van der Waals surface area (Å²) in [6.45, 7) is 0. The quantitative estimate of drug-likeness (QED) is 0.768. The van der Waals surface area contributed by atoms with Crippen molar-refractivity contribution in [3.63, 3.8) is 0 Å². The molecular weight excluding hydrogens is 234 g/mol. The van der Waals surface area contributed by atoms with Gasteiger partial charge in [0, 0.05) is 18.5 Å². The van der Waals surface area contributed by atoms with Crippen molar-refractivity contribution in [3.05, 3.63) is 23.8 Å². The van der Waals surface area contributed by atoms with E-state index in [2.05, 4.69) is 0 Å². The van der Waals surface area contributed by atoms with E-state index in [1.165, 1.54) is 0 Å². The Kier molecular flexibility index (Phi) is 5.45. The van der Waals surface area contributed by atoms with Crippen LogP contribution in [-0.4, -0.2) is 31.3 Å². The number of nitrogens with two attached hydrogens (primary N) is 1. The summed E-state index contributed by atoms with van der Waals surface area (Å²) in [5.41, 5.74) is 6.87. The fraction of sp³-hybridized carbons (Fsp3) is 0.462. The molecule has 1 aromatic carbocycles. The molecule has 0 fully saturated rings. The Labute approximate surface area is 107 Å². The molecule has 100 valence electrons. The zero-order chi connectivity index (χ0) is 13.5. The minimum absolute atomic E-state index is 0.0856. The van der Waals surface area contributed by atoms with Gasteiger partial charge in [0.1, 0.15) is 11.5 Å². The standard InChI is InChI=1S/C13H19NO4/c1-17-11-6-9(7-12(8-11)18-2)5-10(14)3-4-13(15)16/h6-8,10H,3-5,14H2,1-2H3,(H,15,16). The molecule has 0 bridgehead atoms. The summed E-state index contributed by atoms with van der Waals surface area (Å²) in [4.78, 5) is 10.5. The summed E-state index contributed by atoms with van der Waals surface area (Å²) in [5, 5.41) is 8.60. The first-order chi connectivity index (χ1) is 8.55. The van der Waals surface area contributed by atoms with Gasteiger partial charge in [0.2, 0.25) is 0 Å². The number of carboxylic acid groups (broad SMARTS) is 1. The maximum absolute atomic E-state index is 10.5. The number of benzene rings is 1. The van der Waals surface area contributed by atoms with E-state index >= 15 is 0 Å². The van der Waals surface area contributed by atoms with Gasteiger partial charge in [0.05, 0.1) is 14.2 Å². The van der Waals surface area contributed by atoms with Gasteiger partial charge in [-0.05, 0) is 30.5 Å². The minimum atomic E-state index is -0.825. The third-order valence-electron chi connectivity index (χ3n) is 2.64. The molecule has 5 heteroatoms. The lowest BCUT2D eigenvalue weighted by atomic mass is 10.0. The van der Waals surface area contributed by atoms with Gasteiger partial charge in [-0.3, -0.25) is 4.79 Å². The van der Waals surface area contributed by atoms with Crippen LogP contribution in [0.1, 0.15) is 18.4 Å². The molecule has 1 aromatic rings. The van der Waals surface area contributed by atoms with Gasteiger partial charge in [-0.25, -0.2) is 0 Å². The first kappa shape index (κ1) is 14.3. The van der Waals surface area contributed by atoms with Gasteiger partial charge < -0.3 is 20.3 Å². The fourth-order valence-corrected chi connectivity index (χ4v) is 1.70. The Morgan fingerprint density at radius 1 is 1.28 bits per heavy atom. The van der Waals surface area contributed by atoms with Crippen LogP contribution in [0.3, 0.4) is 0 Å². The van der Waals surface area contributed by atoms with Gasteiger partial charge >= 0.3 is 5.97 Å². The number of rotatable bonds is 7. The number of carbonyl (C=O) groups is 1. The highest BCUT2D eigenvalue weighted by Crippen LogP contribution is 2.23. The molecule has 0 radical (unpaired) electrons. The normalized spacial score (nSPS) is 11.9. The van der Waals surface area contributed by atoms with Crippen LogP contribution in [0.2, 0.25) is 0 Å². The van der Waals surface area contributed by atoms with Crippen LogP contribution >= 0.6 is 0 Å². The lowest BCUT2D eigenvalue weighted by Crippen LogP contribution is -2.23. The van der Waals surface area contributed by atoms with Crippen molar-refractivity contribution in [3.8, 4) is 11.5 Å². The van der Waals surface area contributed by atoms with E-state index in [0.29, 0.717) is 24.3 Å². The van der Waals surface area contributed by atoms with Crippen molar-refractivity contribution < 1.29 is 19.4 Å². The number of aliphatic carboxylic acids is 1. The second-order valence-corrected chi connectivity index (χ2v) is 4.12. The van der Waals surface area contributed by atoms with Crippen molar-refractivity contribution in [2.75, 3.05) is 14.2 Å². The van der Waals surface area contributed by atoms with E-state index < -0.39 is 5.97 Å². The van der Waals surface area contributed by atoms with Crippen LogP contribution in [-0.2, 0) is 11.2 Å². The van der Waals surface area contributed by atoms with E-state index in [4.69, 9.17) is 20.3 Å². The van der Waals surface area contributed by atoms with E-state index in [-0.39, 0.29) is 12.5 Å². The van der Waals surface area contributed by atoms with Crippen LogP contribution in [0.15, 0.2) is 18.2 Å². The zero-order valence-electron chi connectivity index (χ0n) is 10.7. The highest BCUT2D eigenvalue weighted by Gasteiger charge is 2.09. The molecule has 0 saturated carbocycles. The van der Waals surface area contributed by atoms with E-state index in [1.54, 1.807) is 20.3 Å². The van der Waals surface area contributed by atoms with Crippen molar-refractivity contribution in [1.82, 2.24) is 0 Å². The summed E-state index contributed by atoms with van der Waals surface area (Å²) in [5.74, 6) is 0.582. The smallest absolute Gasteiger partial charge is 0.303 e. The van der Waals surface area contributed by atoms with Crippen LogP contribution < -0.4 is 15.2 Å². The van der Waals surface area contributed by atoms with Gasteiger partial charge in [-0.2, -0.15) is 0 Å². The molecular formula is C13H19NO4. The monoisotopic (exact) mass is 253 g/mol. The van der Waals surface area contributed by atoms with Crippen LogP contribution in [0.4, 0.5) is 0 Å². The Balaban J connectivity index is 2.67. The average molecular weight is 253 g/mol. The summed E-state index contributed by atoms with van der Waals surface area (Å²) in [6.07, 6.45) is 1.14. The summed E-state index contributed by atoms with van der Waals surface area (Å²) < 4.78 is 10.3. The highest BCUT2D eigenvalue weighted by atomic mass is 16.5. The molecule has 0 amide bonds. The van der Waals surface area contributed by atoms with E-state index in [0.717, 1.165) is 5.56 Å². The molecule has 0 aromatic heterocycles.